The van der Waals surface area contributed by atoms with Crippen LogP contribution in [0.4, 0.5) is 22.7 Å². The zero-order chi connectivity index (χ0) is 43.7. The molecule has 0 aliphatic carbocycles. The molecule has 0 saturated carbocycles. The van der Waals surface area contributed by atoms with E-state index in [0.717, 1.165) is 45.0 Å². The lowest BCUT2D eigenvalue weighted by molar-refractivity contribution is 0.483. The highest BCUT2D eigenvalue weighted by Gasteiger charge is 2.31. The molecule has 5 heteroatoms. The fourth-order valence-electron chi connectivity index (χ4n) is 8.91. The molecule has 5 nitrogen and oxygen atoms in total. The van der Waals surface area contributed by atoms with Crippen molar-refractivity contribution < 1.29 is 4.74 Å². The monoisotopic (exact) mass is 816 g/mol. The van der Waals surface area contributed by atoms with Gasteiger partial charge in [-0.05, 0) is 122 Å². The lowest BCUT2D eigenvalue weighted by Gasteiger charge is -2.29. The van der Waals surface area contributed by atoms with Gasteiger partial charge in [-0.15, -0.1) is 0 Å². The van der Waals surface area contributed by atoms with Gasteiger partial charge in [0.1, 0.15) is 24.0 Å². The van der Waals surface area contributed by atoms with Crippen LogP contribution in [0.5, 0.6) is 11.5 Å². The van der Waals surface area contributed by atoms with Crippen LogP contribution in [0.3, 0.4) is 0 Å². The fourth-order valence-corrected chi connectivity index (χ4v) is 8.91. The summed E-state index contributed by atoms with van der Waals surface area (Å²) in [6, 6.07) is 51.0. The van der Waals surface area contributed by atoms with Gasteiger partial charge in [-0.2, -0.15) is 0 Å². The highest BCUT2D eigenvalue weighted by molar-refractivity contribution is 6.09. The predicted molar refractivity (Wildman–Crippen MR) is 263 cm³/mol. The molecule has 2 aromatic heterocycles. The van der Waals surface area contributed by atoms with Crippen LogP contribution in [-0.2, 0) is 16.2 Å². The number of rotatable bonds is 7. The van der Waals surface area contributed by atoms with Crippen LogP contribution in [-0.4, -0.2) is 16.2 Å². The molecule has 0 saturated heterocycles. The van der Waals surface area contributed by atoms with E-state index in [9.17, 15) is 0 Å². The van der Waals surface area contributed by atoms with Crippen molar-refractivity contribution in [1.29, 1.82) is 0 Å². The van der Waals surface area contributed by atoms with Crippen molar-refractivity contribution in [2.75, 3.05) is 16.5 Å². The second-order valence-electron chi connectivity index (χ2n) is 20.5. The molecule has 0 spiro atoms. The van der Waals surface area contributed by atoms with Gasteiger partial charge in [0.2, 0.25) is 0 Å². The molecule has 9 rings (SSSR count). The number of hydrogen-bond donors (Lipinski definition) is 0. The Bertz CT molecular complexity index is 2940. The summed E-state index contributed by atoms with van der Waals surface area (Å²) in [7, 11) is 0. The van der Waals surface area contributed by atoms with Crippen LogP contribution in [0.2, 0.25) is 0 Å². The van der Waals surface area contributed by atoms with Crippen molar-refractivity contribution in [2.24, 2.45) is 0 Å². The third kappa shape index (κ3) is 7.63. The van der Waals surface area contributed by atoms with E-state index in [2.05, 4.69) is 230 Å². The van der Waals surface area contributed by atoms with Crippen molar-refractivity contribution in [3.63, 3.8) is 0 Å². The molecule has 0 fully saturated rings. The highest BCUT2D eigenvalue weighted by atomic mass is 16.5. The average Bonchev–Trinajstić information content (AvgIpc) is 3.79. The Hall–Kier alpha value is -6.33. The van der Waals surface area contributed by atoms with E-state index >= 15 is 0 Å². The van der Waals surface area contributed by atoms with Crippen LogP contribution in [0.1, 0.15) is 104 Å². The Morgan fingerprint density at radius 2 is 1.11 bits per heavy atom. The minimum Gasteiger partial charge on any atom is -0.457 e. The molecule has 0 atom stereocenters. The molecule has 1 aliphatic rings. The van der Waals surface area contributed by atoms with E-state index in [0.29, 0.717) is 12.6 Å². The first kappa shape index (κ1) is 41.0. The summed E-state index contributed by atoms with van der Waals surface area (Å²) in [4.78, 5) is 9.85. The minimum atomic E-state index is -0.0135. The average molecular weight is 817 g/mol. The Labute approximate surface area is 368 Å². The number of benzene rings is 6. The Kier molecular flexibility index (Phi) is 10.1. The molecule has 314 valence electrons. The predicted octanol–water partition coefficient (Wildman–Crippen LogP) is 15.9. The second-order valence-corrected chi connectivity index (χ2v) is 20.5. The summed E-state index contributed by atoms with van der Waals surface area (Å²) in [5, 5.41) is 2.35. The molecule has 8 aromatic rings. The van der Waals surface area contributed by atoms with Crippen LogP contribution < -0.4 is 14.5 Å². The number of hydrogen-bond acceptors (Lipinski definition) is 4. The van der Waals surface area contributed by atoms with Crippen molar-refractivity contribution in [1.82, 2.24) is 9.55 Å². The van der Waals surface area contributed by atoms with Crippen molar-refractivity contribution in [3.8, 4) is 28.4 Å². The number of nitrogens with zero attached hydrogens (tertiary/aromatic N) is 4. The van der Waals surface area contributed by atoms with Gasteiger partial charge in [0.05, 0.1) is 22.4 Å². The molecule has 0 bridgehead atoms. The lowest BCUT2D eigenvalue weighted by atomic mass is 9.80. The molecule has 1 aliphatic heterocycles. The number of anilines is 4. The molecular weight excluding hydrogens is 757 g/mol. The second kappa shape index (κ2) is 15.2. The summed E-state index contributed by atoms with van der Waals surface area (Å²) >= 11 is 0. The van der Waals surface area contributed by atoms with E-state index in [1.165, 1.54) is 50.3 Å². The number of fused-ring (bicyclic) bond motifs is 4. The smallest absolute Gasteiger partial charge is 0.137 e. The van der Waals surface area contributed by atoms with E-state index in [4.69, 9.17) is 9.72 Å². The van der Waals surface area contributed by atoms with Crippen molar-refractivity contribution in [3.05, 3.63) is 168 Å². The van der Waals surface area contributed by atoms with Gasteiger partial charge in [-0.25, -0.2) is 4.98 Å². The van der Waals surface area contributed by atoms with Gasteiger partial charge in [-0.3, -0.25) is 4.57 Å². The van der Waals surface area contributed by atoms with Gasteiger partial charge in [0.15, 0.2) is 0 Å². The molecule has 6 aromatic carbocycles. The van der Waals surface area contributed by atoms with E-state index < -0.39 is 0 Å². The molecule has 0 unspecified atom stereocenters. The van der Waals surface area contributed by atoms with E-state index in [1.54, 1.807) is 0 Å². The summed E-state index contributed by atoms with van der Waals surface area (Å²) in [6.45, 7) is 25.8. The third-order valence-electron chi connectivity index (χ3n) is 12.5. The zero-order valence-electron chi connectivity index (χ0n) is 38.3. The number of pyridine rings is 1. The summed E-state index contributed by atoms with van der Waals surface area (Å²) in [5.41, 5.74) is 14.4. The maximum Gasteiger partial charge on any atom is 0.137 e. The first-order chi connectivity index (χ1) is 29.4. The van der Waals surface area contributed by atoms with Gasteiger partial charge >= 0.3 is 0 Å². The van der Waals surface area contributed by atoms with Crippen molar-refractivity contribution >= 4 is 44.6 Å². The van der Waals surface area contributed by atoms with E-state index in [1.807, 2.05) is 6.20 Å². The zero-order valence-corrected chi connectivity index (χ0v) is 38.3. The minimum absolute atomic E-state index is 0.00364. The molecule has 62 heavy (non-hydrogen) atoms. The molecule has 0 amide bonds. The molecule has 0 radical (unpaired) electrons. The maximum absolute atomic E-state index is 7.05. The van der Waals surface area contributed by atoms with Gasteiger partial charge < -0.3 is 14.5 Å². The SMILES string of the molecule is CC(C)c1ccccc1-c1cc(Oc2ccc3c4ccccc4n(-c4cc(C(C)(C)C)ccn4)c3c2)cc(N2CN(c3cc(C(C)(C)C)cc(C(C)(C)C)c3)c3ccccc32)c1. The summed E-state index contributed by atoms with van der Waals surface area (Å²) in [5.74, 6) is 2.80. The van der Waals surface area contributed by atoms with Crippen LogP contribution in [0.15, 0.2) is 146 Å². The maximum atomic E-state index is 7.05. The van der Waals surface area contributed by atoms with Gasteiger partial charge in [-0.1, -0.05) is 137 Å². The standard InChI is InChI=1S/C57H60N4O/c1-37(2)46-18-12-13-19-47(46)38-28-42(59-36-60(52-23-17-16-22-51(52)59)43-31-40(56(6,7)8)30-41(32-43)57(9,10)11)34-45(29-38)62-44-24-25-49-48-20-14-15-21-50(48)61(53(49)35-44)54-33-39(26-27-58-54)55(3,4)5/h12-35,37H,36H2,1-11H3. The third-order valence-corrected chi connectivity index (χ3v) is 12.5. The first-order valence-corrected chi connectivity index (χ1v) is 22.2. The molecule has 0 N–H and O–H groups in total. The largest absolute Gasteiger partial charge is 0.457 e. The topological polar surface area (TPSA) is 33.5 Å². The fraction of sp³-hybridized carbons (Fsp3) is 0.281. The summed E-state index contributed by atoms with van der Waals surface area (Å²) in [6.07, 6.45) is 1.93. The highest BCUT2D eigenvalue weighted by Crippen LogP contribution is 2.48. The van der Waals surface area contributed by atoms with Gasteiger partial charge in [0, 0.05) is 40.5 Å². The normalized spacial score (nSPS) is 13.4. The van der Waals surface area contributed by atoms with Gasteiger partial charge in [0.25, 0.3) is 0 Å². The number of aromatic nitrogens is 2. The van der Waals surface area contributed by atoms with Crippen LogP contribution >= 0.6 is 0 Å². The first-order valence-electron chi connectivity index (χ1n) is 22.2. The number of ether oxygens (including phenoxy) is 1. The number of para-hydroxylation sites is 3. The molecule has 3 heterocycles. The lowest BCUT2D eigenvalue weighted by Crippen LogP contribution is -2.25. The van der Waals surface area contributed by atoms with Crippen LogP contribution in [0.25, 0.3) is 38.8 Å². The Morgan fingerprint density at radius 3 is 1.77 bits per heavy atom. The van der Waals surface area contributed by atoms with E-state index in [-0.39, 0.29) is 16.2 Å². The molecular formula is C57H60N4O. The Morgan fingerprint density at radius 1 is 0.516 bits per heavy atom. The quantitative estimate of drug-likeness (QED) is 0.160. The van der Waals surface area contributed by atoms with Crippen molar-refractivity contribution in [2.45, 2.75) is 98.3 Å². The van der Waals surface area contributed by atoms with Crippen LogP contribution in [0, 0.1) is 0 Å². The Balaban J connectivity index is 1.18. The summed E-state index contributed by atoms with van der Waals surface area (Å²) < 4.78 is 9.33.